The number of hydrogen-bond donors (Lipinski definition) is 0. The first-order chi connectivity index (χ1) is 11.7. The van der Waals surface area contributed by atoms with Gasteiger partial charge in [0.2, 0.25) is 0 Å². The second-order valence-electron chi connectivity index (χ2n) is 6.64. The average Bonchev–Trinajstić information content (AvgIpc) is 3.32. The molecular weight excluding hydrogens is 304 g/mol. The first kappa shape index (κ1) is 21.9. The minimum atomic E-state index is -0.948. The second kappa shape index (κ2) is 12.2. The van der Waals surface area contributed by atoms with Crippen LogP contribution in [0.15, 0.2) is 0 Å². The normalized spacial score (nSPS) is 21.9. The molecule has 1 heterocycles. The molecule has 0 aromatic rings. The van der Waals surface area contributed by atoms with E-state index in [1.54, 1.807) is 0 Å². The van der Waals surface area contributed by atoms with Crippen LogP contribution in [0.1, 0.15) is 86.0 Å². The van der Waals surface area contributed by atoms with Gasteiger partial charge in [0.05, 0.1) is 18.1 Å². The van der Waals surface area contributed by atoms with Crippen molar-refractivity contribution in [1.82, 2.24) is 0 Å². The highest BCUT2D eigenvalue weighted by molar-refractivity contribution is 4.94. The SMILES string of the molecule is CCCCCCC1OC1C(CCCC)C(OCC)(OCC)OCC. The van der Waals surface area contributed by atoms with E-state index in [-0.39, 0.29) is 12.0 Å². The predicted octanol–water partition coefficient (Wildman–Crippen LogP) is 5.29. The van der Waals surface area contributed by atoms with Crippen LogP contribution in [0.2, 0.25) is 0 Å². The average molecular weight is 345 g/mol. The number of rotatable bonds is 16. The molecule has 1 aliphatic rings. The quantitative estimate of drug-likeness (QED) is 0.216. The lowest BCUT2D eigenvalue weighted by Gasteiger charge is -2.38. The molecule has 3 atom stereocenters. The van der Waals surface area contributed by atoms with Crippen LogP contribution in [0.3, 0.4) is 0 Å². The summed E-state index contributed by atoms with van der Waals surface area (Å²) in [6.45, 7) is 12.2. The number of epoxide rings is 1. The molecule has 4 heteroatoms. The van der Waals surface area contributed by atoms with Crippen LogP contribution in [0, 0.1) is 5.92 Å². The van der Waals surface area contributed by atoms with E-state index >= 15 is 0 Å². The molecule has 1 aliphatic heterocycles. The molecule has 1 fully saturated rings. The maximum atomic E-state index is 6.06. The van der Waals surface area contributed by atoms with E-state index in [1.807, 2.05) is 20.8 Å². The standard InChI is InChI=1S/C20H40O4/c1-6-11-13-14-16-18-19(24-18)17(15-12-7-2)20(21-8-3,22-9-4)23-10-5/h17-19H,6-16H2,1-5H3. The van der Waals surface area contributed by atoms with Crippen LogP contribution in [-0.4, -0.2) is 38.0 Å². The molecule has 0 bridgehead atoms. The van der Waals surface area contributed by atoms with Crippen LogP contribution in [0.25, 0.3) is 0 Å². The lowest BCUT2D eigenvalue weighted by Crippen LogP contribution is -2.49. The van der Waals surface area contributed by atoms with Gasteiger partial charge in [0.25, 0.3) is 5.97 Å². The van der Waals surface area contributed by atoms with Gasteiger partial charge in [-0.3, -0.25) is 0 Å². The largest absolute Gasteiger partial charge is 0.369 e. The first-order valence-electron chi connectivity index (χ1n) is 10.3. The molecule has 0 amide bonds. The van der Waals surface area contributed by atoms with E-state index in [0.717, 1.165) is 25.7 Å². The summed E-state index contributed by atoms with van der Waals surface area (Å²) in [4.78, 5) is 0. The van der Waals surface area contributed by atoms with Crippen LogP contribution in [-0.2, 0) is 18.9 Å². The Kier molecular flexibility index (Phi) is 11.2. The summed E-state index contributed by atoms with van der Waals surface area (Å²) in [6, 6.07) is 0. The lowest BCUT2D eigenvalue weighted by atomic mass is 9.92. The van der Waals surface area contributed by atoms with Crippen molar-refractivity contribution in [3.63, 3.8) is 0 Å². The molecule has 24 heavy (non-hydrogen) atoms. The third kappa shape index (κ3) is 6.62. The van der Waals surface area contributed by atoms with Crippen molar-refractivity contribution in [2.45, 2.75) is 104 Å². The Labute approximate surface area is 149 Å². The lowest BCUT2D eigenvalue weighted by molar-refractivity contribution is -0.404. The highest BCUT2D eigenvalue weighted by atomic mass is 16.9. The van der Waals surface area contributed by atoms with E-state index in [4.69, 9.17) is 18.9 Å². The Bertz CT molecular complexity index is 291. The van der Waals surface area contributed by atoms with E-state index in [9.17, 15) is 0 Å². The van der Waals surface area contributed by atoms with Gasteiger partial charge in [0.15, 0.2) is 0 Å². The number of ether oxygens (including phenoxy) is 4. The first-order valence-corrected chi connectivity index (χ1v) is 10.3. The van der Waals surface area contributed by atoms with Gasteiger partial charge in [-0.05, 0) is 33.6 Å². The molecule has 3 unspecified atom stereocenters. The summed E-state index contributed by atoms with van der Waals surface area (Å²) < 4.78 is 24.2. The third-order valence-corrected chi connectivity index (χ3v) is 4.72. The van der Waals surface area contributed by atoms with Crippen molar-refractivity contribution in [3.05, 3.63) is 0 Å². The minimum Gasteiger partial charge on any atom is -0.369 e. The summed E-state index contributed by atoms with van der Waals surface area (Å²) in [6.07, 6.45) is 10.2. The summed E-state index contributed by atoms with van der Waals surface area (Å²) >= 11 is 0. The van der Waals surface area contributed by atoms with Crippen molar-refractivity contribution in [2.24, 2.45) is 5.92 Å². The van der Waals surface area contributed by atoms with Crippen LogP contribution < -0.4 is 0 Å². The van der Waals surface area contributed by atoms with E-state index in [1.165, 1.54) is 25.7 Å². The molecule has 0 aromatic heterocycles. The fraction of sp³-hybridized carbons (Fsp3) is 1.00. The van der Waals surface area contributed by atoms with Crippen LogP contribution in [0.4, 0.5) is 0 Å². The van der Waals surface area contributed by atoms with Gasteiger partial charge < -0.3 is 18.9 Å². The summed E-state index contributed by atoms with van der Waals surface area (Å²) in [7, 11) is 0. The minimum absolute atomic E-state index is 0.147. The zero-order chi connectivity index (χ0) is 17.8. The maximum absolute atomic E-state index is 6.06. The van der Waals surface area contributed by atoms with Gasteiger partial charge in [0, 0.05) is 19.8 Å². The predicted molar refractivity (Wildman–Crippen MR) is 98.0 cm³/mol. The van der Waals surface area contributed by atoms with Gasteiger partial charge in [-0.2, -0.15) is 0 Å². The molecule has 0 radical (unpaired) electrons. The fourth-order valence-corrected chi connectivity index (χ4v) is 3.53. The molecule has 0 aromatic carbocycles. The van der Waals surface area contributed by atoms with Crippen molar-refractivity contribution in [3.8, 4) is 0 Å². The summed E-state index contributed by atoms with van der Waals surface area (Å²) in [5, 5.41) is 0. The highest BCUT2D eigenvalue weighted by Gasteiger charge is 2.55. The molecule has 1 rings (SSSR count). The van der Waals surface area contributed by atoms with Gasteiger partial charge in [-0.1, -0.05) is 52.4 Å². The van der Waals surface area contributed by atoms with E-state index in [2.05, 4.69) is 13.8 Å². The number of hydrogen-bond acceptors (Lipinski definition) is 4. The Morgan fingerprint density at radius 3 is 1.88 bits per heavy atom. The van der Waals surface area contributed by atoms with Crippen molar-refractivity contribution < 1.29 is 18.9 Å². The highest BCUT2D eigenvalue weighted by Crippen LogP contribution is 2.44. The fourth-order valence-electron chi connectivity index (χ4n) is 3.53. The van der Waals surface area contributed by atoms with Gasteiger partial charge in [0.1, 0.15) is 0 Å². The summed E-state index contributed by atoms with van der Waals surface area (Å²) in [5.74, 6) is -0.801. The van der Waals surface area contributed by atoms with E-state index < -0.39 is 5.97 Å². The molecule has 0 N–H and O–H groups in total. The van der Waals surface area contributed by atoms with Gasteiger partial charge >= 0.3 is 0 Å². The van der Waals surface area contributed by atoms with Crippen molar-refractivity contribution in [2.75, 3.05) is 19.8 Å². The molecule has 4 nitrogen and oxygen atoms in total. The van der Waals surface area contributed by atoms with Crippen molar-refractivity contribution >= 4 is 0 Å². The monoisotopic (exact) mass is 344 g/mol. The Balaban J connectivity index is 2.73. The third-order valence-electron chi connectivity index (χ3n) is 4.72. The molecular formula is C20H40O4. The zero-order valence-corrected chi connectivity index (χ0v) is 16.6. The molecule has 0 spiro atoms. The Hall–Kier alpha value is -0.160. The maximum Gasteiger partial charge on any atom is 0.288 e. The molecule has 0 saturated carbocycles. The second-order valence-corrected chi connectivity index (χ2v) is 6.64. The zero-order valence-electron chi connectivity index (χ0n) is 16.6. The molecule has 1 saturated heterocycles. The Morgan fingerprint density at radius 2 is 1.38 bits per heavy atom. The smallest absolute Gasteiger partial charge is 0.288 e. The van der Waals surface area contributed by atoms with Crippen LogP contribution >= 0.6 is 0 Å². The van der Waals surface area contributed by atoms with Crippen molar-refractivity contribution in [1.29, 1.82) is 0 Å². The van der Waals surface area contributed by atoms with Crippen LogP contribution in [0.5, 0.6) is 0 Å². The summed E-state index contributed by atoms with van der Waals surface area (Å²) in [5.41, 5.74) is 0. The Morgan fingerprint density at radius 1 is 0.792 bits per heavy atom. The van der Waals surface area contributed by atoms with E-state index in [0.29, 0.717) is 25.9 Å². The molecule has 144 valence electrons. The van der Waals surface area contributed by atoms with Gasteiger partial charge in [-0.25, -0.2) is 0 Å². The topological polar surface area (TPSA) is 40.2 Å². The number of unbranched alkanes of at least 4 members (excludes halogenated alkanes) is 4. The molecule has 0 aliphatic carbocycles. The van der Waals surface area contributed by atoms with Gasteiger partial charge in [-0.15, -0.1) is 0 Å².